The number of nitrogens with two attached hydrogens (primary N) is 1. The van der Waals surface area contributed by atoms with Crippen LogP contribution in [0.25, 0.3) is 10.8 Å². The second kappa shape index (κ2) is 6.71. The van der Waals surface area contributed by atoms with Crippen LogP contribution in [-0.2, 0) is 0 Å². The molecule has 0 saturated carbocycles. The quantitative estimate of drug-likeness (QED) is 0.717. The van der Waals surface area contributed by atoms with Gasteiger partial charge < -0.3 is 15.2 Å². The van der Waals surface area contributed by atoms with Crippen molar-refractivity contribution in [3.63, 3.8) is 0 Å². The zero-order valence-corrected chi connectivity index (χ0v) is 13.5. The van der Waals surface area contributed by atoms with Crippen LogP contribution in [0.15, 0.2) is 60.7 Å². The molecule has 3 aromatic carbocycles. The van der Waals surface area contributed by atoms with Crippen LogP contribution in [-0.4, -0.2) is 6.61 Å². The zero-order valence-electron chi connectivity index (χ0n) is 13.5. The van der Waals surface area contributed by atoms with Gasteiger partial charge in [0.15, 0.2) is 0 Å². The maximum atomic E-state index is 5.94. The van der Waals surface area contributed by atoms with E-state index >= 15 is 0 Å². The molecule has 3 aromatic rings. The summed E-state index contributed by atoms with van der Waals surface area (Å²) in [6, 6.07) is 20.0. The summed E-state index contributed by atoms with van der Waals surface area (Å²) in [6.45, 7) is 4.62. The lowest BCUT2D eigenvalue weighted by atomic mass is 10.0. The van der Waals surface area contributed by atoms with Gasteiger partial charge in [-0.2, -0.15) is 0 Å². The van der Waals surface area contributed by atoms with Gasteiger partial charge in [0.05, 0.1) is 6.61 Å². The fourth-order valence-corrected chi connectivity index (χ4v) is 2.50. The number of hydrogen-bond acceptors (Lipinski definition) is 3. The molecule has 0 fully saturated rings. The van der Waals surface area contributed by atoms with E-state index in [0.717, 1.165) is 28.2 Å². The first-order chi connectivity index (χ1) is 11.2. The van der Waals surface area contributed by atoms with Gasteiger partial charge in [-0.1, -0.05) is 18.2 Å². The Bertz CT molecular complexity index is 794. The van der Waals surface area contributed by atoms with Crippen molar-refractivity contribution in [3.05, 3.63) is 66.2 Å². The molecule has 0 saturated heterocycles. The van der Waals surface area contributed by atoms with Crippen LogP contribution in [0.1, 0.15) is 25.5 Å². The third-order valence-electron chi connectivity index (χ3n) is 3.73. The van der Waals surface area contributed by atoms with E-state index < -0.39 is 0 Å². The zero-order chi connectivity index (χ0) is 16.2. The fourth-order valence-electron chi connectivity index (χ4n) is 2.50. The lowest BCUT2D eigenvalue weighted by Crippen LogP contribution is -2.04. The van der Waals surface area contributed by atoms with Gasteiger partial charge in [-0.25, -0.2) is 0 Å². The summed E-state index contributed by atoms with van der Waals surface area (Å²) in [6.07, 6.45) is 0. The second-order valence-electron chi connectivity index (χ2n) is 5.56. The molecule has 0 heterocycles. The van der Waals surface area contributed by atoms with Gasteiger partial charge in [0.1, 0.15) is 17.2 Å². The van der Waals surface area contributed by atoms with Crippen molar-refractivity contribution in [2.75, 3.05) is 6.61 Å². The molecule has 0 bridgehead atoms. The lowest BCUT2D eigenvalue weighted by molar-refractivity contribution is 0.339. The van der Waals surface area contributed by atoms with E-state index in [2.05, 4.69) is 24.3 Å². The molecule has 118 valence electrons. The highest BCUT2D eigenvalue weighted by molar-refractivity contribution is 5.84. The third kappa shape index (κ3) is 3.63. The minimum absolute atomic E-state index is 0.0409. The van der Waals surface area contributed by atoms with Crippen LogP contribution in [0.4, 0.5) is 0 Å². The monoisotopic (exact) mass is 307 g/mol. The summed E-state index contributed by atoms with van der Waals surface area (Å²) in [5.41, 5.74) is 7.07. The predicted octanol–water partition coefficient (Wildman–Crippen LogP) is 5.05. The highest BCUT2D eigenvalue weighted by atomic mass is 16.5. The predicted molar refractivity (Wildman–Crippen MR) is 94.2 cm³/mol. The molecule has 3 rings (SSSR count). The van der Waals surface area contributed by atoms with Gasteiger partial charge >= 0.3 is 0 Å². The Morgan fingerprint density at radius 2 is 1.43 bits per heavy atom. The van der Waals surface area contributed by atoms with Crippen LogP contribution in [0.5, 0.6) is 17.2 Å². The molecule has 3 heteroatoms. The van der Waals surface area contributed by atoms with Gasteiger partial charge in [-0.15, -0.1) is 0 Å². The highest BCUT2D eigenvalue weighted by Crippen LogP contribution is 2.28. The minimum atomic E-state index is 0.0409. The van der Waals surface area contributed by atoms with Crippen LogP contribution < -0.4 is 15.2 Å². The van der Waals surface area contributed by atoms with E-state index in [1.807, 2.05) is 50.2 Å². The number of fused-ring (bicyclic) bond motifs is 1. The summed E-state index contributed by atoms with van der Waals surface area (Å²) < 4.78 is 11.4. The maximum absolute atomic E-state index is 5.94. The number of benzene rings is 3. The summed E-state index contributed by atoms with van der Waals surface area (Å²) in [4.78, 5) is 0. The Hall–Kier alpha value is -2.52. The normalized spacial score (nSPS) is 12.1. The first kappa shape index (κ1) is 15.4. The molecule has 0 radical (unpaired) electrons. The SMILES string of the molecule is CCOc1ccc(Oc2ccc3cc(C(C)N)ccc3c2)cc1. The smallest absolute Gasteiger partial charge is 0.128 e. The summed E-state index contributed by atoms with van der Waals surface area (Å²) in [5.74, 6) is 2.46. The van der Waals surface area contributed by atoms with Crippen molar-refractivity contribution in [1.82, 2.24) is 0 Å². The van der Waals surface area contributed by atoms with Crippen molar-refractivity contribution in [3.8, 4) is 17.2 Å². The number of hydrogen-bond donors (Lipinski definition) is 1. The number of rotatable bonds is 5. The first-order valence-electron chi connectivity index (χ1n) is 7.85. The Morgan fingerprint density at radius 3 is 2.13 bits per heavy atom. The van der Waals surface area contributed by atoms with E-state index in [9.17, 15) is 0 Å². The van der Waals surface area contributed by atoms with Crippen molar-refractivity contribution in [2.45, 2.75) is 19.9 Å². The molecule has 23 heavy (non-hydrogen) atoms. The van der Waals surface area contributed by atoms with E-state index in [1.165, 1.54) is 5.39 Å². The molecule has 0 aliphatic heterocycles. The molecule has 3 nitrogen and oxygen atoms in total. The molecular weight excluding hydrogens is 286 g/mol. The van der Waals surface area contributed by atoms with Crippen LogP contribution >= 0.6 is 0 Å². The summed E-state index contributed by atoms with van der Waals surface area (Å²) in [5, 5.41) is 2.30. The van der Waals surface area contributed by atoms with Gasteiger partial charge in [-0.3, -0.25) is 0 Å². The van der Waals surface area contributed by atoms with Crippen LogP contribution in [0, 0.1) is 0 Å². The first-order valence-corrected chi connectivity index (χ1v) is 7.85. The van der Waals surface area contributed by atoms with Crippen molar-refractivity contribution in [1.29, 1.82) is 0 Å². The Labute approximate surface area is 136 Å². The molecule has 2 N–H and O–H groups in total. The van der Waals surface area contributed by atoms with Gasteiger partial charge in [0.2, 0.25) is 0 Å². The Morgan fingerprint density at radius 1 is 0.826 bits per heavy atom. The Kier molecular flexibility index (Phi) is 4.49. The highest BCUT2D eigenvalue weighted by Gasteiger charge is 2.04. The average molecular weight is 307 g/mol. The second-order valence-corrected chi connectivity index (χ2v) is 5.56. The van der Waals surface area contributed by atoms with Crippen molar-refractivity contribution < 1.29 is 9.47 Å². The summed E-state index contributed by atoms with van der Waals surface area (Å²) >= 11 is 0. The molecule has 0 aromatic heterocycles. The molecule has 0 amide bonds. The standard InChI is InChI=1S/C20H21NO2/c1-3-22-18-8-10-19(11-9-18)23-20-7-6-16-12-15(14(2)21)4-5-17(16)13-20/h4-14H,3,21H2,1-2H3. The molecule has 1 unspecified atom stereocenters. The maximum Gasteiger partial charge on any atom is 0.128 e. The Balaban J connectivity index is 1.81. The largest absolute Gasteiger partial charge is 0.494 e. The van der Waals surface area contributed by atoms with E-state index in [0.29, 0.717) is 6.61 Å². The molecular formula is C20H21NO2. The molecule has 0 aliphatic rings. The van der Waals surface area contributed by atoms with Gasteiger partial charge in [0.25, 0.3) is 0 Å². The number of ether oxygens (including phenoxy) is 2. The molecule has 0 spiro atoms. The van der Waals surface area contributed by atoms with Crippen molar-refractivity contribution >= 4 is 10.8 Å². The van der Waals surface area contributed by atoms with E-state index in [1.54, 1.807) is 0 Å². The van der Waals surface area contributed by atoms with Gasteiger partial charge in [-0.05, 0) is 72.6 Å². The van der Waals surface area contributed by atoms with Crippen LogP contribution in [0.3, 0.4) is 0 Å². The van der Waals surface area contributed by atoms with Crippen molar-refractivity contribution in [2.24, 2.45) is 5.73 Å². The third-order valence-corrected chi connectivity index (χ3v) is 3.73. The summed E-state index contributed by atoms with van der Waals surface area (Å²) in [7, 11) is 0. The fraction of sp³-hybridized carbons (Fsp3) is 0.200. The topological polar surface area (TPSA) is 44.5 Å². The lowest BCUT2D eigenvalue weighted by Gasteiger charge is -2.10. The van der Waals surface area contributed by atoms with E-state index in [-0.39, 0.29) is 6.04 Å². The van der Waals surface area contributed by atoms with Gasteiger partial charge in [0, 0.05) is 6.04 Å². The molecule has 0 aliphatic carbocycles. The minimum Gasteiger partial charge on any atom is -0.494 e. The average Bonchev–Trinajstić information content (AvgIpc) is 2.56. The van der Waals surface area contributed by atoms with Crippen LogP contribution in [0.2, 0.25) is 0 Å². The van der Waals surface area contributed by atoms with E-state index in [4.69, 9.17) is 15.2 Å². The molecule has 1 atom stereocenters.